The molecule has 3 nitrogen and oxygen atoms in total. The van der Waals surface area contributed by atoms with Gasteiger partial charge in [0.2, 0.25) is 0 Å². The van der Waals surface area contributed by atoms with E-state index in [9.17, 15) is 4.79 Å². The Labute approximate surface area is 112 Å². The highest BCUT2D eigenvalue weighted by molar-refractivity contribution is 5.81. The molecule has 1 N–H and O–H groups in total. The molecule has 100 valence electrons. The van der Waals surface area contributed by atoms with Gasteiger partial charge in [0.15, 0.2) is 0 Å². The van der Waals surface area contributed by atoms with Crippen molar-refractivity contribution in [3.05, 3.63) is 51.3 Å². The number of rotatable bonds is 0. The number of hydrogen-bond acceptors (Lipinski definition) is 1. The van der Waals surface area contributed by atoms with Gasteiger partial charge in [0.25, 0.3) is 5.56 Å². The first-order valence-electron chi connectivity index (χ1n) is 6.70. The fraction of sp³-hybridized carbons (Fsp3) is 0.312. The number of benzene rings is 1. The molecule has 0 atom stereocenters. The van der Waals surface area contributed by atoms with E-state index in [4.69, 9.17) is 0 Å². The number of nitrogens with one attached hydrogen (secondary N) is 1. The van der Waals surface area contributed by atoms with Crippen LogP contribution in [0.1, 0.15) is 30.5 Å². The first-order valence-corrected chi connectivity index (χ1v) is 6.70. The zero-order valence-electron chi connectivity index (χ0n) is 12.2. The van der Waals surface area contributed by atoms with Gasteiger partial charge >= 0.3 is 0 Å². The molecule has 0 fully saturated rings. The van der Waals surface area contributed by atoms with E-state index in [1.165, 1.54) is 0 Å². The minimum absolute atomic E-state index is 0.0700. The van der Waals surface area contributed by atoms with Crippen LogP contribution in [-0.2, 0) is 0 Å². The van der Waals surface area contributed by atoms with E-state index in [2.05, 4.69) is 4.98 Å². The van der Waals surface area contributed by atoms with Crippen LogP contribution in [-0.4, -0.2) is 9.38 Å². The normalized spacial score (nSPS) is 10.6. The van der Waals surface area contributed by atoms with E-state index < -0.39 is 0 Å². The number of aromatic amines is 1. The molecule has 3 heteroatoms. The summed E-state index contributed by atoms with van der Waals surface area (Å²) in [6.45, 7) is 9.93. The molecule has 0 aliphatic heterocycles. The second kappa shape index (κ2) is 4.92. The van der Waals surface area contributed by atoms with Crippen LogP contribution in [0.2, 0.25) is 0 Å². The molecule has 0 unspecified atom stereocenters. The quantitative estimate of drug-likeness (QED) is 0.653. The number of para-hydroxylation sites is 2. The summed E-state index contributed by atoms with van der Waals surface area (Å²) >= 11 is 0. The molecular weight excluding hydrogens is 236 g/mol. The van der Waals surface area contributed by atoms with Crippen molar-refractivity contribution in [3.8, 4) is 0 Å². The van der Waals surface area contributed by atoms with E-state index in [1.807, 2.05) is 58.9 Å². The Bertz CT molecular complexity index is 794. The summed E-state index contributed by atoms with van der Waals surface area (Å²) in [6, 6.07) is 7.88. The summed E-state index contributed by atoms with van der Waals surface area (Å²) in [5.41, 5.74) is 5.95. The third-order valence-electron chi connectivity index (χ3n) is 3.63. The lowest BCUT2D eigenvalue weighted by atomic mass is 10.1. The fourth-order valence-corrected chi connectivity index (χ4v) is 2.34. The van der Waals surface area contributed by atoms with Gasteiger partial charge in [-0.05, 0) is 44.0 Å². The second-order valence-corrected chi connectivity index (χ2v) is 4.51. The summed E-state index contributed by atoms with van der Waals surface area (Å²) in [5.74, 6) is 0. The van der Waals surface area contributed by atoms with Crippen LogP contribution in [0.5, 0.6) is 0 Å². The van der Waals surface area contributed by atoms with Crippen molar-refractivity contribution in [3.63, 3.8) is 0 Å². The number of aromatic nitrogens is 2. The van der Waals surface area contributed by atoms with Crippen LogP contribution >= 0.6 is 0 Å². The Morgan fingerprint density at radius 3 is 2.26 bits per heavy atom. The van der Waals surface area contributed by atoms with E-state index in [0.29, 0.717) is 0 Å². The molecule has 2 heterocycles. The zero-order valence-corrected chi connectivity index (χ0v) is 12.2. The Morgan fingerprint density at radius 2 is 1.58 bits per heavy atom. The summed E-state index contributed by atoms with van der Waals surface area (Å²) in [7, 11) is 0. The number of hydrogen-bond donors (Lipinski definition) is 1. The lowest BCUT2D eigenvalue weighted by Crippen LogP contribution is -2.18. The van der Waals surface area contributed by atoms with Crippen molar-refractivity contribution in [1.82, 2.24) is 9.38 Å². The van der Waals surface area contributed by atoms with Crippen molar-refractivity contribution in [2.24, 2.45) is 0 Å². The van der Waals surface area contributed by atoms with Gasteiger partial charge < -0.3 is 4.98 Å². The first-order chi connectivity index (χ1) is 9.11. The molecule has 0 spiro atoms. The van der Waals surface area contributed by atoms with Crippen molar-refractivity contribution in [1.29, 1.82) is 0 Å². The zero-order chi connectivity index (χ0) is 14.2. The predicted molar refractivity (Wildman–Crippen MR) is 81.1 cm³/mol. The number of nitrogens with zero attached hydrogens (tertiary/aromatic N) is 1. The molecule has 0 saturated heterocycles. The molecule has 1 aromatic carbocycles. The minimum atomic E-state index is 0.0700. The van der Waals surface area contributed by atoms with Gasteiger partial charge in [0.1, 0.15) is 5.65 Å². The van der Waals surface area contributed by atoms with Crippen LogP contribution < -0.4 is 5.56 Å². The molecule has 0 amide bonds. The Hall–Kier alpha value is -2.03. The maximum absolute atomic E-state index is 12.3. The second-order valence-electron chi connectivity index (χ2n) is 4.51. The van der Waals surface area contributed by atoms with Crippen molar-refractivity contribution < 1.29 is 0 Å². The topological polar surface area (TPSA) is 37.3 Å². The minimum Gasteiger partial charge on any atom is -0.339 e. The van der Waals surface area contributed by atoms with Crippen LogP contribution in [0.25, 0.3) is 16.7 Å². The number of imidazole rings is 1. The maximum Gasteiger partial charge on any atom is 0.259 e. The molecule has 19 heavy (non-hydrogen) atoms. The molecule has 0 aliphatic carbocycles. The molecular formula is C16H20N2O. The monoisotopic (exact) mass is 256 g/mol. The first kappa shape index (κ1) is 13.4. The molecule has 0 saturated carbocycles. The van der Waals surface area contributed by atoms with Crippen LogP contribution in [0.15, 0.2) is 29.1 Å². The molecule has 0 radical (unpaired) electrons. The van der Waals surface area contributed by atoms with E-state index in [0.717, 1.165) is 33.4 Å². The largest absolute Gasteiger partial charge is 0.339 e. The van der Waals surface area contributed by atoms with Crippen molar-refractivity contribution >= 4 is 16.7 Å². The van der Waals surface area contributed by atoms with E-state index >= 15 is 0 Å². The highest BCUT2D eigenvalue weighted by Gasteiger charge is 2.12. The van der Waals surface area contributed by atoms with Crippen molar-refractivity contribution in [2.45, 2.75) is 34.6 Å². The lowest BCUT2D eigenvalue weighted by Gasteiger charge is -2.06. The molecule has 0 bridgehead atoms. The smallest absolute Gasteiger partial charge is 0.259 e. The molecule has 3 aromatic rings. The van der Waals surface area contributed by atoms with Gasteiger partial charge in [-0.25, -0.2) is 0 Å². The third-order valence-corrected chi connectivity index (χ3v) is 3.63. The van der Waals surface area contributed by atoms with Gasteiger partial charge in [-0.1, -0.05) is 26.0 Å². The predicted octanol–water partition coefficient (Wildman–Crippen LogP) is 3.73. The SMILES string of the molecule is CC.Cc1c(C)c(=O)n2c([nH]c3ccccc32)c1C. The average Bonchev–Trinajstić information content (AvgIpc) is 2.84. The van der Waals surface area contributed by atoms with Gasteiger partial charge in [-0.2, -0.15) is 0 Å². The van der Waals surface area contributed by atoms with Gasteiger partial charge in [-0.3, -0.25) is 9.20 Å². The Balaban J connectivity index is 0.000000637. The fourth-order valence-electron chi connectivity index (χ4n) is 2.34. The number of fused-ring (bicyclic) bond motifs is 3. The summed E-state index contributed by atoms with van der Waals surface area (Å²) in [6.07, 6.45) is 0. The highest BCUT2D eigenvalue weighted by Crippen LogP contribution is 2.20. The van der Waals surface area contributed by atoms with Crippen LogP contribution in [0, 0.1) is 20.8 Å². The summed E-state index contributed by atoms with van der Waals surface area (Å²) in [4.78, 5) is 15.6. The number of H-pyrrole nitrogens is 1. The van der Waals surface area contributed by atoms with E-state index in [-0.39, 0.29) is 5.56 Å². The van der Waals surface area contributed by atoms with Gasteiger partial charge in [0.05, 0.1) is 11.0 Å². The van der Waals surface area contributed by atoms with Crippen molar-refractivity contribution in [2.75, 3.05) is 0 Å². The Kier molecular flexibility index (Phi) is 3.47. The lowest BCUT2D eigenvalue weighted by molar-refractivity contribution is 1.07. The number of pyridine rings is 1. The molecule has 3 rings (SSSR count). The van der Waals surface area contributed by atoms with Crippen LogP contribution in [0.4, 0.5) is 0 Å². The van der Waals surface area contributed by atoms with E-state index in [1.54, 1.807) is 4.40 Å². The number of aryl methyl sites for hydroxylation is 1. The third kappa shape index (κ3) is 1.86. The van der Waals surface area contributed by atoms with Crippen LogP contribution in [0.3, 0.4) is 0 Å². The highest BCUT2D eigenvalue weighted by atomic mass is 16.1. The summed E-state index contributed by atoms with van der Waals surface area (Å²) in [5, 5.41) is 0. The van der Waals surface area contributed by atoms with Gasteiger partial charge in [-0.15, -0.1) is 0 Å². The summed E-state index contributed by atoms with van der Waals surface area (Å²) < 4.78 is 1.77. The average molecular weight is 256 g/mol. The molecule has 0 aliphatic rings. The standard InChI is InChI=1S/C14H14N2O.C2H6/c1-8-9(2)13-15-11-6-4-5-7-12(11)16(13)14(17)10(8)3;1-2/h4-7,15H,1-3H3;1-2H3. The van der Waals surface area contributed by atoms with Gasteiger partial charge in [0, 0.05) is 5.56 Å². The maximum atomic E-state index is 12.3. The molecule has 2 aromatic heterocycles. The Morgan fingerprint density at radius 1 is 0.947 bits per heavy atom.